The van der Waals surface area contributed by atoms with Crippen LogP contribution in [0.5, 0.6) is 0 Å². The van der Waals surface area contributed by atoms with Crippen molar-refractivity contribution in [1.29, 1.82) is 0 Å². The first-order valence-corrected chi connectivity index (χ1v) is 11.2. The fraction of sp³-hybridized carbons (Fsp3) is 0.400. The third kappa shape index (κ3) is 4.99. The van der Waals surface area contributed by atoms with Gasteiger partial charge in [-0.1, -0.05) is 36.4 Å². The Morgan fingerprint density at radius 1 is 1.19 bits per heavy atom. The van der Waals surface area contributed by atoms with E-state index in [0.717, 1.165) is 43.0 Å². The third-order valence-corrected chi connectivity index (χ3v) is 6.20. The second-order valence-electron chi connectivity index (χ2n) is 8.46. The van der Waals surface area contributed by atoms with Crippen molar-refractivity contribution in [3.8, 4) is 0 Å². The molecule has 7 nitrogen and oxygen atoms in total. The molecule has 4 rings (SSSR count). The summed E-state index contributed by atoms with van der Waals surface area (Å²) in [5.41, 5.74) is 4.07. The molecular formula is C25H31N5O2. The van der Waals surface area contributed by atoms with Crippen LogP contribution < -0.4 is 5.32 Å². The van der Waals surface area contributed by atoms with Gasteiger partial charge >= 0.3 is 0 Å². The minimum absolute atomic E-state index is 0.0367. The van der Waals surface area contributed by atoms with Gasteiger partial charge in [-0.3, -0.25) is 14.5 Å². The van der Waals surface area contributed by atoms with Crippen molar-refractivity contribution in [2.24, 2.45) is 0 Å². The lowest BCUT2D eigenvalue weighted by molar-refractivity contribution is -0.138. The van der Waals surface area contributed by atoms with E-state index in [-0.39, 0.29) is 18.2 Å². The third-order valence-electron chi connectivity index (χ3n) is 6.20. The van der Waals surface area contributed by atoms with Gasteiger partial charge in [0.25, 0.3) is 0 Å². The maximum atomic E-state index is 13.1. The van der Waals surface area contributed by atoms with Gasteiger partial charge in [0.1, 0.15) is 5.65 Å². The number of nitrogens with one attached hydrogen (secondary N) is 1. The molecule has 2 amide bonds. The van der Waals surface area contributed by atoms with Crippen molar-refractivity contribution in [2.75, 3.05) is 26.7 Å². The van der Waals surface area contributed by atoms with Crippen LogP contribution in [0.15, 0.2) is 54.7 Å². The van der Waals surface area contributed by atoms with Crippen LogP contribution in [0.1, 0.15) is 29.8 Å². The van der Waals surface area contributed by atoms with Crippen LogP contribution in [-0.2, 0) is 22.6 Å². The molecule has 168 valence electrons. The fourth-order valence-corrected chi connectivity index (χ4v) is 4.37. The van der Waals surface area contributed by atoms with E-state index >= 15 is 0 Å². The minimum atomic E-state index is -0.419. The van der Waals surface area contributed by atoms with Gasteiger partial charge in [0.05, 0.1) is 30.4 Å². The molecule has 1 aliphatic rings. The molecule has 1 N–H and O–H groups in total. The van der Waals surface area contributed by atoms with Gasteiger partial charge in [-0.25, -0.2) is 4.98 Å². The molecule has 1 atom stereocenters. The summed E-state index contributed by atoms with van der Waals surface area (Å²) < 4.78 is 2.02. The summed E-state index contributed by atoms with van der Waals surface area (Å²) in [5.74, 6) is -0.0888. The van der Waals surface area contributed by atoms with Crippen molar-refractivity contribution in [3.05, 3.63) is 71.7 Å². The zero-order chi connectivity index (χ0) is 22.5. The van der Waals surface area contributed by atoms with E-state index in [1.807, 2.05) is 53.9 Å². The molecule has 7 heteroatoms. The van der Waals surface area contributed by atoms with Crippen molar-refractivity contribution >= 4 is 17.5 Å². The topological polar surface area (TPSA) is 69.9 Å². The van der Waals surface area contributed by atoms with Gasteiger partial charge in [0.2, 0.25) is 11.8 Å². The number of carbonyl (C=O) groups excluding carboxylic acids is 2. The first kappa shape index (κ1) is 22.0. The molecule has 0 bridgehead atoms. The van der Waals surface area contributed by atoms with Gasteiger partial charge < -0.3 is 14.6 Å². The molecule has 1 saturated heterocycles. The second-order valence-corrected chi connectivity index (χ2v) is 8.46. The number of pyridine rings is 1. The second kappa shape index (κ2) is 9.96. The predicted octanol–water partition coefficient (Wildman–Crippen LogP) is 2.42. The van der Waals surface area contributed by atoms with E-state index in [9.17, 15) is 9.59 Å². The van der Waals surface area contributed by atoms with Crippen molar-refractivity contribution in [2.45, 2.75) is 38.8 Å². The van der Waals surface area contributed by atoms with Gasteiger partial charge in [0, 0.05) is 26.3 Å². The number of benzene rings is 1. The quantitative estimate of drug-likeness (QED) is 0.592. The Morgan fingerprint density at radius 2 is 1.97 bits per heavy atom. The number of aryl methyl sites for hydroxylation is 2. The van der Waals surface area contributed by atoms with Crippen molar-refractivity contribution in [3.63, 3.8) is 0 Å². The molecule has 1 aromatic carbocycles. The Hall–Kier alpha value is -3.19. The van der Waals surface area contributed by atoms with Crippen LogP contribution in [0.3, 0.4) is 0 Å². The van der Waals surface area contributed by atoms with E-state index in [1.165, 1.54) is 5.56 Å². The van der Waals surface area contributed by atoms with Gasteiger partial charge in [-0.2, -0.15) is 0 Å². The maximum Gasteiger partial charge on any atom is 0.237 e. The van der Waals surface area contributed by atoms with Crippen molar-refractivity contribution < 1.29 is 9.59 Å². The smallest absolute Gasteiger partial charge is 0.237 e. The lowest BCUT2D eigenvalue weighted by Crippen LogP contribution is -2.56. The molecule has 3 heterocycles. The summed E-state index contributed by atoms with van der Waals surface area (Å²) in [6.07, 6.45) is 4.07. The number of hydrogen-bond donors (Lipinski definition) is 1. The number of nitrogens with zero attached hydrogens (tertiary/aromatic N) is 4. The lowest BCUT2D eigenvalue weighted by Gasteiger charge is -2.35. The molecule has 2 aromatic heterocycles. The van der Waals surface area contributed by atoms with Gasteiger partial charge in [0.15, 0.2) is 0 Å². The fourth-order valence-electron chi connectivity index (χ4n) is 4.37. The summed E-state index contributed by atoms with van der Waals surface area (Å²) in [4.78, 5) is 34.1. The molecule has 0 saturated carbocycles. The molecule has 1 fully saturated rings. The maximum absolute atomic E-state index is 13.1. The van der Waals surface area contributed by atoms with E-state index in [4.69, 9.17) is 0 Å². The lowest BCUT2D eigenvalue weighted by atomic mass is 10.1. The van der Waals surface area contributed by atoms with Gasteiger partial charge in [-0.15, -0.1) is 0 Å². The largest absolute Gasteiger partial charge is 0.353 e. The Kier molecular flexibility index (Phi) is 6.85. The number of fused-ring (bicyclic) bond motifs is 1. The number of hydrogen-bond acceptors (Lipinski definition) is 4. The Labute approximate surface area is 189 Å². The summed E-state index contributed by atoms with van der Waals surface area (Å²) >= 11 is 0. The Balaban J connectivity index is 1.37. The number of rotatable bonds is 8. The highest BCUT2D eigenvalue weighted by atomic mass is 16.2. The zero-order valence-corrected chi connectivity index (χ0v) is 18.8. The molecule has 0 radical (unpaired) electrons. The van der Waals surface area contributed by atoms with Crippen LogP contribution in [0.4, 0.5) is 0 Å². The predicted molar refractivity (Wildman–Crippen MR) is 124 cm³/mol. The molecule has 32 heavy (non-hydrogen) atoms. The normalized spacial score (nSPS) is 16.8. The molecule has 3 aromatic rings. The van der Waals surface area contributed by atoms with Crippen LogP contribution in [0.2, 0.25) is 0 Å². The number of imidazole rings is 1. The average Bonchev–Trinajstić information content (AvgIpc) is 3.11. The summed E-state index contributed by atoms with van der Waals surface area (Å²) in [6, 6.07) is 15.8. The number of piperazine rings is 1. The van der Waals surface area contributed by atoms with E-state index in [2.05, 4.69) is 27.3 Å². The monoisotopic (exact) mass is 433 g/mol. The number of aromatic nitrogens is 2. The van der Waals surface area contributed by atoms with Crippen LogP contribution in [0.25, 0.3) is 5.65 Å². The highest BCUT2D eigenvalue weighted by Crippen LogP contribution is 2.16. The Bertz CT molecular complexity index is 1080. The highest BCUT2D eigenvalue weighted by molar-refractivity contribution is 5.88. The number of amides is 2. The van der Waals surface area contributed by atoms with E-state index in [0.29, 0.717) is 13.1 Å². The van der Waals surface area contributed by atoms with Gasteiger partial charge in [-0.05, 0) is 44.0 Å². The standard InChI is InChI=1S/C25H31N5O2/c1-19-22(30-15-7-6-12-23(30)27-19)18-28(2)24(31)17-21-25(32)26-13-16-29(21)14-8-11-20-9-4-3-5-10-20/h3-7,9-10,12,15,21H,8,11,13-14,16-18H2,1-2H3,(H,26,32)/t21-/m0/s1. The van der Waals surface area contributed by atoms with Crippen LogP contribution in [0, 0.1) is 6.92 Å². The summed E-state index contributed by atoms with van der Waals surface area (Å²) in [5, 5.41) is 2.93. The Morgan fingerprint density at radius 3 is 2.78 bits per heavy atom. The minimum Gasteiger partial charge on any atom is -0.353 e. The molecule has 0 aliphatic carbocycles. The molecule has 0 spiro atoms. The SMILES string of the molecule is Cc1nc2ccccn2c1CN(C)C(=O)C[C@H]1C(=O)NCCN1CCCc1ccccc1. The first-order chi connectivity index (χ1) is 15.5. The average molecular weight is 434 g/mol. The first-order valence-electron chi connectivity index (χ1n) is 11.2. The number of carbonyl (C=O) groups is 2. The van der Waals surface area contributed by atoms with E-state index in [1.54, 1.807) is 11.9 Å². The summed E-state index contributed by atoms with van der Waals surface area (Å²) in [7, 11) is 1.80. The summed E-state index contributed by atoms with van der Waals surface area (Å²) in [6.45, 7) is 4.62. The molecular weight excluding hydrogens is 402 g/mol. The molecule has 1 aliphatic heterocycles. The van der Waals surface area contributed by atoms with Crippen LogP contribution in [-0.4, -0.2) is 63.7 Å². The highest BCUT2D eigenvalue weighted by Gasteiger charge is 2.32. The van der Waals surface area contributed by atoms with Crippen LogP contribution >= 0.6 is 0 Å². The molecule has 0 unspecified atom stereocenters. The van der Waals surface area contributed by atoms with E-state index < -0.39 is 6.04 Å². The van der Waals surface area contributed by atoms with Crippen molar-refractivity contribution in [1.82, 2.24) is 24.5 Å². The zero-order valence-electron chi connectivity index (χ0n) is 18.8.